The fourth-order valence-electron chi connectivity index (χ4n) is 8.44. The van der Waals surface area contributed by atoms with E-state index in [2.05, 4.69) is 206 Å². The number of fused-ring (bicyclic) bond motifs is 5. The lowest BCUT2D eigenvalue weighted by Gasteiger charge is -2.34. The van der Waals surface area contributed by atoms with E-state index in [1.165, 1.54) is 49.9 Å². The largest absolute Gasteiger partial charge is 0.228 e. The first-order chi connectivity index (χ1) is 26.3. The Labute approximate surface area is 309 Å². The minimum absolute atomic E-state index is 0.558. The third-order valence-electron chi connectivity index (χ3n) is 10.8. The van der Waals surface area contributed by atoms with Crippen LogP contribution >= 0.6 is 0 Å². The van der Waals surface area contributed by atoms with Crippen LogP contribution < -0.4 is 0 Å². The molecule has 0 saturated carbocycles. The summed E-state index contributed by atoms with van der Waals surface area (Å²) in [6.07, 6.45) is 0. The maximum absolute atomic E-state index is 5.44. The Hall–Kier alpha value is -6.90. The summed E-state index contributed by atoms with van der Waals surface area (Å²) < 4.78 is 0. The van der Waals surface area contributed by atoms with Crippen LogP contribution in [0.4, 0.5) is 0 Å². The molecule has 0 N–H and O–H groups in total. The van der Waals surface area contributed by atoms with Crippen molar-refractivity contribution in [3.63, 3.8) is 0 Å². The molecule has 53 heavy (non-hydrogen) atoms. The Bertz CT molecular complexity index is 2700. The highest BCUT2D eigenvalue weighted by molar-refractivity contribution is 6.06. The SMILES string of the molecule is c1ccc(-c2ccc(-c3cc(-c4ccccc4)nc(-c4cc5ccccc5c5c4-c4ccccc4C5(c4ccccc4)c4ccccc4)n3)cc2)cc1. The summed E-state index contributed by atoms with van der Waals surface area (Å²) >= 11 is 0. The van der Waals surface area contributed by atoms with Crippen molar-refractivity contribution in [3.05, 3.63) is 229 Å². The molecule has 0 radical (unpaired) electrons. The fourth-order valence-corrected chi connectivity index (χ4v) is 8.44. The number of rotatable bonds is 6. The van der Waals surface area contributed by atoms with Crippen molar-refractivity contribution in [2.24, 2.45) is 0 Å². The van der Waals surface area contributed by atoms with Gasteiger partial charge in [0.15, 0.2) is 5.82 Å². The van der Waals surface area contributed by atoms with E-state index in [9.17, 15) is 0 Å². The molecule has 2 nitrogen and oxygen atoms in total. The van der Waals surface area contributed by atoms with Crippen molar-refractivity contribution in [2.45, 2.75) is 5.41 Å². The van der Waals surface area contributed by atoms with Crippen LogP contribution in [0.25, 0.3) is 66.9 Å². The van der Waals surface area contributed by atoms with Crippen LogP contribution in [0.15, 0.2) is 206 Å². The summed E-state index contributed by atoms with van der Waals surface area (Å²) in [6, 6.07) is 73.9. The lowest BCUT2D eigenvalue weighted by Crippen LogP contribution is -2.28. The molecule has 10 rings (SSSR count). The Morgan fingerprint density at radius 1 is 0.358 bits per heavy atom. The van der Waals surface area contributed by atoms with Gasteiger partial charge in [-0.2, -0.15) is 0 Å². The molecule has 1 aliphatic rings. The molecule has 0 aliphatic heterocycles. The monoisotopic (exact) mass is 674 g/mol. The van der Waals surface area contributed by atoms with Crippen LogP contribution in [0.3, 0.4) is 0 Å². The maximum Gasteiger partial charge on any atom is 0.161 e. The molecule has 1 aliphatic carbocycles. The summed E-state index contributed by atoms with van der Waals surface area (Å²) in [5, 5.41) is 2.39. The van der Waals surface area contributed by atoms with Crippen molar-refractivity contribution in [2.75, 3.05) is 0 Å². The van der Waals surface area contributed by atoms with Crippen LogP contribution in [0.5, 0.6) is 0 Å². The van der Waals surface area contributed by atoms with Gasteiger partial charge in [0.25, 0.3) is 0 Å². The molecule has 9 aromatic rings. The lowest BCUT2D eigenvalue weighted by molar-refractivity contribution is 0.775. The molecule has 0 amide bonds. The second-order valence-electron chi connectivity index (χ2n) is 13.7. The maximum atomic E-state index is 5.44. The summed E-state index contributed by atoms with van der Waals surface area (Å²) in [5.41, 5.74) is 14.1. The summed E-state index contributed by atoms with van der Waals surface area (Å²) in [5.74, 6) is 0.710. The predicted molar refractivity (Wildman–Crippen MR) is 219 cm³/mol. The van der Waals surface area contributed by atoms with Crippen LogP contribution in [0, 0.1) is 0 Å². The predicted octanol–water partition coefficient (Wildman–Crippen LogP) is 12.7. The molecule has 0 fully saturated rings. The standard InChI is InChI=1S/C51H34N2/c1-5-17-35(18-6-1)36-29-31-38(32-30-36)47-34-46(37-19-7-2-8-20-37)52-50(53-47)44-33-39-21-13-14-26-42(39)49-48(44)43-27-15-16-28-45(43)51(49,40-22-9-3-10-23-40)41-24-11-4-12-25-41/h1-34H. The van der Waals surface area contributed by atoms with Crippen LogP contribution in [0.2, 0.25) is 0 Å². The smallest absolute Gasteiger partial charge is 0.161 e. The quantitative estimate of drug-likeness (QED) is 0.175. The molecule has 0 bridgehead atoms. The second-order valence-corrected chi connectivity index (χ2v) is 13.7. The highest BCUT2D eigenvalue weighted by Gasteiger charge is 2.48. The molecule has 0 saturated heterocycles. The van der Waals surface area contributed by atoms with Crippen LogP contribution in [-0.2, 0) is 5.41 Å². The first kappa shape index (κ1) is 30.9. The number of hydrogen-bond donors (Lipinski definition) is 0. The van der Waals surface area contributed by atoms with Crippen molar-refractivity contribution < 1.29 is 0 Å². The van der Waals surface area contributed by atoms with Gasteiger partial charge in [-0.25, -0.2) is 9.97 Å². The molecule has 0 atom stereocenters. The van der Waals surface area contributed by atoms with Gasteiger partial charge in [0.05, 0.1) is 16.8 Å². The lowest BCUT2D eigenvalue weighted by atomic mass is 9.66. The van der Waals surface area contributed by atoms with Crippen LogP contribution in [-0.4, -0.2) is 9.97 Å². The highest BCUT2D eigenvalue weighted by Crippen LogP contribution is 2.60. The molecule has 248 valence electrons. The van der Waals surface area contributed by atoms with E-state index < -0.39 is 5.41 Å². The zero-order chi connectivity index (χ0) is 35.2. The Balaban J connectivity index is 1.29. The number of nitrogens with zero attached hydrogens (tertiary/aromatic N) is 2. The summed E-state index contributed by atoms with van der Waals surface area (Å²) in [7, 11) is 0. The van der Waals surface area contributed by atoms with E-state index in [1.54, 1.807) is 0 Å². The topological polar surface area (TPSA) is 25.8 Å². The van der Waals surface area contributed by atoms with Crippen molar-refractivity contribution in [1.82, 2.24) is 9.97 Å². The van der Waals surface area contributed by atoms with Gasteiger partial charge in [-0.3, -0.25) is 0 Å². The fraction of sp³-hybridized carbons (Fsp3) is 0.0196. The van der Waals surface area contributed by atoms with Crippen LogP contribution in [0.1, 0.15) is 22.3 Å². The summed E-state index contributed by atoms with van der Waals surface area (Å²) in [6.45, 7) is 0. The zero-order valence-electron chi connectivity index (χ0n) is 29.0. The molecule has 0 spiro atoms. The Kier molecular flexibility index (Phi) is 7.40. The Morgan fingerprint density at radius 3 is 1.47 bits per heavy atom. The van der Waals surface area contributed by atoms with Gasteiger partial charge in [0.2, 0.25) is 0 Å². The number of hydrogen-bond acceptors (Lipinski definition) is 2. The van der Waals surface area contributed by atoms with Crippen molar-refractivity contribution in [1.29, 1.82) is 0 Å². The van der Waals surface area contributed by atoms with Gasteiger partial charge in [-0.1, -0.05) is 194 Å². The zero-order valence-corrected chi connectivity index (χ0v) is 29.0. The molecular weight excluding hydrogens is 641 g/mol. The van der Waals surface area contributed by atoms with E-state index >= 15 is 0 Å². The molecular formula is C51H34N2. The third kappa shape index (κ3) is 5.03. The van der Waals surface area contributed by atoms with E-state index in [0.717, 1.165) is 33.5 Å². The molecule has 2 heteroatoms. The van der Waals surface area contributed by atoms with Gasteiger partial charge in [0, 0.05) is 16.7 Å². The number of aromatic nitrogens is 2. The van der Waals surface area contributed by atoms with Gasteiger partial charge < -0.3 is 0 Å². The van der Waals surface area contributed by atoms with E-state index in [4.69, 9.17) is 9.97 Å². The molecule has 0 unspecified atom stereocenters. The second kappa shape index (κ2) is 12.7. The third-order valence-corrected chi connectivity index (χ3v) is 10.8. The van der Waals surface area contributed by atoms with E-state index in [0.29, 0.717) is 5.82 Å². The minimum atomic E-state index is -0.558. The number of benzene rings is 8. The highest BCUT2D eigenvalue weighted by atomic mass is 14.9. The first-order valence-electron chi connectivity index (χ1n) is 18.2. The first-order valence-corrected chi connectivity index (χ1v) is 18.2. The van der Waals surface area contributed by atoms with Gasteiger partial charge in [0.1, 0.15) is 0 Å². The van der Waals surface area contributed by atoms with E-state index in [-0.39, 0.29) is 0 Å². The van der Waals surface area contributed by atoms with Crippen molar-refractivity contribution >= 4 is 10.8 Å². The molecule has 1 heterocycles. The molecule has 1 aromatic heterocycles. The molecule has 8 aromatic carbocycles. The van der Waals surface area contributed by atoms with Gasteiger partial charge in [-0.05, 0) is 67.4 Å². The average molecular weight is 675 g/mol. The van der Waals surface area contributed by atoms with Gasteiger partial charge >= 0.3 is 0 Å². The van der Waals surface area contributed by atoms with E-state index in [1.807, 2.05) is 0 Å². The van der Waals surface area contributed by atoms with Crippen molar-refractivity contribution in [3.8, 4) is 56.2 Å². The normalized spacial score (nSPS) is 12.7. The Morgan fingerprint density at radius 2 is 0.830 bits per heavy atom. The average Bonchev–Trinajstić information content (AvgIpc) is 3.57. The minimum Gasteiger partial charge on any atom is -0.228 e. The summed E-state index contributed by atoms with van der Waals surface area (Å²) in [4.78, 5) is 10.8. The van der Waals surface area contributed by atoms with Gasteiger partial charge in [-0.15, -0.1) is 0 Å².